The Morgan fingerprint density at radius 2 is 0.848 bits per heavy atom. The summed E-state index contributed by atoms with van der Waals surface area (Å²) in [6.07, 6.45) is 5.02. The van der Waals surface area contributed by atoms with Gasteiger partial charge in [-0.05, 0) is 67.0 Å². The number of nitrogens with zero attached hydrogens (tertiary/aromatic N) is 1. The third-order valence-corrected chi connectivity index (χ3v) is 18.5. The molecular weight excluding hydrogens is 1460 g/mol. The Hall–Kier alpha value is -12.8. The molecule has 7 aromatic rings. The maximum atomic E-state index is 15.3. The van der Waals surface area contributed by atoms with E-state index in [4.69, 9.17) is 28.3 Å². The molecule has 0 aliphatic rings. The first-order chi connectivity index (χ1) is 53.4. The fraction of sp³-hybridized carbons (Fsp3) is 0.417. The summed E-state index contributed by atoms with van der Waals surface area (Å²) in [7, 11) is 0. The Balaban J connectivity index is 1.11. The van der Waals surface area contributed by atoms with Gasteiger partial charge in [-0.2, -0.15) is 0 Å². The molecule has 0 radical (unpaired) electrons. The van der Waals surface area contributed by atoms with Crippen molar-refractivity contribution in [1.82, 2.24) is 88.7 Å². The molecule has 4 heterocycles. The van der Waals surface area contributed by atoms with E-state index < -0.39 is 206 Å². The third kappa shape index (κ3) is 24.9. The molecule has 40 nitrogen and oxygen atoms in total. The molecule has 0 unspecified atom stereocenters. The number of aromatic amines is 4. The zero-order chi connectivity index (χ0) is 81.9. The van der Waals surface area contributed by atoms with E-state index in [1.54, 1.807) is 105 Å². The second-order valence-electron chi connectivity index (χ2n) is 26.8. The fourth-order valence-corrected chi connectivity index (χ4v) is 12.1. The highest BCUT2D eigenvalue weighted by Crippen LogP contribution is 2.24. The van der Waals surface area contributed by atoms with Crippen LogP contribution in [0.3, 0.4) is 0 Å². The van der Waals surface area contributed by atoms with Crippen molar-refractivity contribution >= 4 is 121 Å². The summed E-state index contributed by atoms with van der Waals surface area (Å²) >= 11 is 0. The number of carboxylic acid groups (broad SMARTS) is 1. The molecule has 0 aliphatic carbocycles. The van der Waals surface area contributed by atoms with Gasteiger partial charge in [-0.15, -0.1) is 0 Å². The van der Waals surface area contributed by atoms with Crippen LogP contribution in [-0.2, 0) is 92.8 Å². The van der Waals surface area contributed by atoms with Crippen molar-refractivity contribution < 1.29 is 87.5 Å². The molecule has 602 valence electrons. The Labute approximate surface area is 639 Å². The Morgan fingerprint density at radius 1 is 0.455 bits per heavy atom. The SMILES string of the molecule is CC[C@H](C)[C@H](NC(=O)[C@H](Cc1c[nH]c2ccccc12)NC(=O)[C@H](Cc1c[nH]c2ccccc12)NC(=O)[C@H](C)NC(=O)[C@H](CO)NC(=O)[C@H](Cc1c[nH]c2ccccc12)NC(=O)[C@@H](N)Cc1c[nH]cn1)C(=O)N[C@@H](CCCNC(=N)N)C(=O)N[C@@H](CO)C(=O)N[C@@H](CC(N)=O)C(=O)N[C@@H](CCC(N)=O)C(=O)N[C@@H](CO)C(=O)O. The number of amides is 13. The number of fused-ring (bicyclic) bond motifs is 3. The molecule has 0 saturated carbocycles. The summed E-state index contributed by atoms with van der Waals surface area (Å²) in [5.74, 6) is -16.6. The molecule has 4 aromatic heterocycles. The van der Waals surface area contributed by atoms with Crippen molar-refractivity contribution in [2.75, 3.05) is 26.4 Å². The Bertz CT molecular complexity index is 4500. The maximum absolute atomic E-state index is 15.3. The predicted molar refractivity (Wildman–Crippen MR) is 403 cm³/mol. The van der Waals surface area contributed by atoms with E-state index in [1.807, 2.05) is 11.4 Å². The van der Waals surface area contributed by atoms with Crippen LogP contribution < -0.4 is 86.7 Å². The number of aromatic nitrogens is 5. The summed E-state index contributed by atoms with van der Waals surface area (Å²) < 4.78 is 0. The minimum atomic E-state index is -1.99. The second kappa shape index (κ2) is 41.7. The van der Waals surface area contributed by atoms with Crippen LogP contribution in [0.4, 0.5) is 0 Å². The molecule has 13 atom stereocenters. The molecular formula is C72H96N22O18. The lowest BCUT2D eigenvalue weighted by Gasteiger charge is -2.30. The minimum absolute atomic E-state index is 0.00157. The van der Waals surface area contributed by atoms with Gasteiger partial charge in [0.2, 0.25) is 76.8 Å². The summed E-state index contributed by atoms with van der Waals surface area (Å²) in [6, 6.07) is 1.55. The third-order valence-electron chi connectivity index (χ3n) is 18.5. The summed E-state index contributed by atoms with van der Waals surface area (Å²) in [4.78, 5) is 209. The molecule has 3 aromatic carbocycles. The molecule has 7 rings (SSSR count). The van der Waals surface area contributed by atoms with E-state index in [-0.39, 0.29) is 51.5 Å². The lowest BCUT2D eigenvalue weighted by atomic mass is 9.96. The topological polar surface area (TPSA) is 668 Å². The van der Waals surface area contributed by atoms with Crippen LogP contribution in [0.1, 0.15) is 81.7 Å². The summed E-state index contributed by atoms with van der Waals surface area (Å²) in [6.45, 7) is 1.21. The molecule has 29 N–H and O–H groups in total. The number of carboxylic acids is 1. The number of H-pyrrole nitrogens is 4. The van der Waals surface area contributed by atoms with E-state index in [9.17, 15) is 78.0 Å². The normalized spacial score (nSPS) is 14.7. The van der Waals surface area contributed by atoms with Gasteiger partial charge in [0.25, 0.3) is 0 Å². The van der Waals surface area contributed by atoms with Crippen LogP contribution in [0.15, 0.2) is 104 Å². The number of hydrogen-bond acceptors (Lipinski definition) is 20. The highest BCUT2D eigenvalue weighted by Gasteiger charge is 2.39. The standard InChI is InChI=1S/C72H96N22O18/c1-4-35(2)59(70(110)86-48(18-11-21-79-72(76)77)62(102)91-55(32-96)69(109)90-53(26-58(75)99)66(106)85-49(19-20-57(74)98)63(103)93-56(33-97)71(111)112)94-67(107)52(24-39-29-82-47-17-10-7-14-43(39)47)89-64(104)50(22-37-27-80-45-15-8-5-12-41(37)45)87-60(100)36(3)84-68(108)54(31-95)92-65(105)51(23-38-28-81-46-16-9-6-13-42(38)46)88-61(101)44(73)25-40-30-78-34-83-40/h5-10,12-17,27-30,34-36,44,48-56,59,80-82,95-97H,4,11,18-26,31-33,73H2,1-3H3,(H2,74,98)(H2,75,99)(H,78,83)(H,84,108)(H,85,106)(H,86,110)(H,87,100)(H,88,101)(H,89,104)(H,90,109)(H,91,102)(H,92,105)(H,93,103)(H,94,107)(H,111,112)(H4,76,77,79)/t35-,36-,44-,48-,49-,50-,51-,52-,53-,54-,55-,56-,59-/m0/s1. The van der Waals surface area contributed by atoms with Crippen LogP contribution in [0.5, 0.6) is 0 Å². The molecule has 0 saturated heterocycles. The zero-order valence-corrected chi connectivity index (χ0v) is 61.5. The van der Waals surface area contributed by atoms with Gasteiger partial charge in [-0.3, -0.25) is 67.7 Å². The number of benzene rings is 3. The quantitative estimate of drug-likeness (QED) is 0.00961. The van der Waals surface area contributed by atoms with Gasteiger partial charge in [0.15, 0.2) is 5.96 Å². The smallest absolute Gasteiger partial charge is 0.328 e. The second-order valence-corrected chi connectivity index (χ2v) is 26.8. The van der Waals surface area contributed by atoms with Gasteiger partial charge in [0.1, 0.15) is 66.5 Å². The van der Waals surface area contributed by atoms with Crippen LogP contribution >= 0.6 is 0 Å². The number of aliphatic hydroxyl groups is 3. The predicted octanol–water partition coefficient (Wildman–Crippen LogP) is -5.68. The van der Waals surface area contributed by atoms with Crippen LogP contribution in [0.2, 0.25) is 0 Å². The van der Waals surface area contributed by atoms with Crippen molar-refractivity contribution in [2.45, 2.75) is 157 Å². The number of hydrogen-bond donors (Lipinski definition) is 25. The average Bonchev–Trinajstić information content (AvgIpc) is 1.23. The summed E-state index contributed by atoms with van der Waals surface area (Å²) in [5.41, 5.74) is 26.6. The first-order valence-corrected chi connectivity index (χ1v) is 35.8. The highest BCUT2D eigenvalue weighted by atomic mass is 16.4. The molecule has 0 aliphatic heterocycles. The van der Waals surface area contributed by atoms with Crippen molar-refractivity contribution in [3.63, 3.8) is 0 Å². The van der Waals surface area contributed by atoms with Crippen molar-refractivity contribution in [2.24, 2.45) is 28.9 Å². The number of carbonyl (C=O) groups excluding carboxylic acids is 13. The molecule has 0 bridgehead atoms. The fourth-order valence-electron chi connectivity index (χ4n) is 12.1. The van der Waals surface area contributed by atoms with E-state index >= 15 is 9.59 Å². The zero-order valence-electron chi connectivity index (χ0n) is 61.5. The van der Waals surface area contributed by atoms with E-state index in [0.717, 1.165) is 10.9 Å². The number of imidazole rings is 1. The van der Waals surface area contributed by atoms with Crippen molar-refractivity contribution in [3.8, 4) is 0 Å². The van der Waals surface area contributed by atoms with Crippen LogP contribution in [0, 0.1) is 11.3 Å². The lowest BCUT2D eigenvalue weighted by molar-refractivity contribution is -0.143. The van der Waals surface area contributed by atoms with Gasteiger partial charge < -0.3 is 127 Å². The molecule has 0 fully saturated rings. The Kier molecular flexibility index (Phi) is 32.1. The number of rotatable bonds is 45. The number of aliphatic hydroxyl groups excluding tert-OH is 3. The maximum Gasteiger partial charge on any atom is 0.328 e. The summed E-state index contributed by atoms with van der Waals surface area (Å²) in [5, 5.41) is 79.3. The van der Waals surface area contributed by atoms with E-state index in [2.05, 4.69) is 83.4 Å². The molecule has 112 heavy (non-hydrogen) atoms. The van der Waals surface area contributed by atoms with Gasteiger partial charge in [0, 0.05) is 96.1 Å². The number of nitrogens with two attached hydrogens (primary N) is 4. The number of primary amides is 2. The van der Waals surface area contributed by atoms with Gasteiger partial charge in [0.05, 0.1) is 44.3 Å². The van der Waals surface area contributed by atoms with Crippen molar-refractivity contribution in [3.05, 3.63) is 126 Å². The first-order valence-electron chi connectivity index (χ1n) is 35.8. The highest BCUT2D eigenvalue weighted by molar-refractivity contribution is 6.01. The average molecular weight is 1560 g/mol. The van der Waals surface area contributed by atoms with Crippen LogP contribution in [-0.4, -0.2) is 233 Å². The first kappa shape index (κ1) is 86.4. The van der Waals surface area contributed by atoms with Gasteiger partial charge in [-0.1, -0.05) is 74.9 Å². The number of para-hydroxylation sites is 3. The number of guanidine groups is 1. The van der Waals surface area contributed by atoms with Gasteiger partial charge >= 0.3 is 5.97 Å². The van der Waals surface area contributed by atoms with E-state index in [0.29, 0.717) is 44.2 Å². The molecule has 13 amide bonds. The number of nitrogens with one attached hydrogen (secondary N) is 17. The van der Waals surface area contributed by atoms with Crippen molar-refractivity contribution in [1.29, 1.82) is 5.41 Å². The number of carbonyl (C=O) groups is 14. The monoisotopic (exact) mass is 1560 g/mol. The number of aliphatic carboxylic acids is 1. The Morgan fingerprint density at radius 3 is 1.29 bits per heavy atom. The largest absolute Gasteiger partial charge is 0.480 e. The molecule has 40 heteroatoms. The van der Waals surface area contributed by atoms with Crippen LogP contribution in [0.25, 0.3) is 32.7 Å². The lowest BCUT2D eigenvalue weighted by Crippen LogP contribution is -2.62. The van der Waals surface area contributed by atoms with E-state index in [1.165, 1.54) is 13.3 Å². The minimum Gasteiger partial charge on any atom is -0.480 e. The van der Waals surface area contributed by atoms with Gasteiger partial charge in [-0.25, -0.2) is 9.78 Å². The molecule has 0 spiro atoms.